The largest absolute Gasteiger partial charge is 0.345 e. The Morgan fingerprint density at radius 3 is 2.41 bits per heavy atom. The lowest BCUT2D eigenvalue weighted by Gasteiger charge is -2.15. The molecule has 0 bridgehead atoms. The third-order valence-corrected chi connectivity index (χ3v) is 4.58. The summed E-state index contributed by atoms with van der Waals surface area (Å²) >= 11 is 0. The molecule has 5 nitrogen and oxygen atoms in total. The topological polar surface area (TPSA) is 68.0 Å². The lowest BCUT2D eigenvalue weighted by molar-refractivity contribution is 0.0941. The average Bonchev–Trinajstić information content (AvgIpc) is 3.09. The molecular formula is C22H19N3O2. The van der Waals surface area contributed by atoms with E-state index >= 15 is 0 Å². The SMILES string of the molecule is Cc1noc2nc(-c3ccccc3)cc(C(=O)N[C@H](C)c3ccccc3)c12. The Hall–Kier alpha value is -3.47. The van der Waals surface area contributed by atoms with Gasteiger partial charge in [-0.2, -0.15) is 0 Å². The van der Waals surface area contributed by atoms with Crippen LogP contribution in [0.25, 0.3) is 22.4 Å². The van der Waals surface area contributed by atoms with E-state index in [4.69, 9.17) is 4.52 Å². The van der Waals surface area contributed by atoms with Crippen molar-refractivity contribution in [2.75, 3.05) is 0 Å². The quantitative estimate of drug-likeness (QED) is 0.575. The Labute approximate surface area is 157 Å². The molecule has 0 saturated carbocycles. The zero-order chi connectivity index (χ0) is 18.8. The first-order chi connectivity index (χ1) is 13.1. The molecule has 1 amide bonds. The van der Waals surface area contributed by atoms with Crippen LogP contribution in [0.4, 0.5) is 0 Å². The van der Waals surface area contributed by atoms with E-state index in [0.29, 0.717) is 28.1 Å². The summed E-state index contributed by atoms with van der Waals surface area (Å²) < 4.78 is 5.35. The van der Waals surface area contributed by atoms with Crippen molar-refractivity contribution in [3.63, 3.8) is 0 Å². The Balaban J connectivity index is 1.75. The van der Waals surface area contributed by atoms with Crippen molar-refractivity contribution in [1.29, 1.82) is 0 Å². The summed E-state index contributed by atoms with van der Waals surface area (Å²) in [5.41, 5.74) is 4.17. The lowest BCUT2D eigenvalue weighted by Crippen LogP contribution is -2.27. The highest BCUT2D eigenvalue weighted by molar-refractivity contribution is 6.07. The maximum absolute atomic E-state index is 13.1. The molecule has 0 aliphatic carbocycles. The number of pyridine rings is 1. The molecule has 5 heteroatoms. The van der Waals surface area contributed by atoms with Gasteiger partial charge in [0.25, 0.3) is 11.6 Å². The summed E-state index contributed by atoms with van der Waals surface area (Å²) in [6.45, 7) is 3.78. The number of aromatic nitrogens is 2. The van der Waals surface area contributed by atoms with E-state index in [2.05, 4.69) is 15.5 Å². The standard InChI is InChI=1S/C22H19N3O2/c1-14(16-9-5-3-6-10-16)23-21(26)18-13-19(17-11-7-4-8-12-17)24-22-20(18)15(2)25-27-22/h3-14H,1-2H3,(H,23,26)/t14-/m1/s1. The van der Waals surface area contributed by atoms with Crippen molar-refractivity contribution in [2.24, 2.45) is 0 Å². The molecule has 2 aromatic carbocycles. The molecule has 1 atom stereocenters. The molecule has 2 heterocycles. The number of amides is 1. The zero-order valence-corrected chi connectivity index (χ0v) is 15.1. The van der Waals surface area contributed by atoms with E-state index in [1.54, 1.807) is 6.07 Å². The van der Waals surface area contributed by atoms with Crippen LogP contribution in [0.5, 0.6) is 0 Å². The third kappa shape index (κ3) is 3.31. The van der Waals surface area contributed by atoms with Crippen LogP contribution in [0.3, 0.4) is 0 Å². The molecule has 0 aliphatic heterocycles. The molecule has 134 valence electrons. The maximum Gasteiger partial charge on any atom is 0.259 e. The number of carbonyl (C=O) groups is 1. The van der Waals surface area contributed by atoms with Gasteiger partial charge in [0.1, 0.15) is 0 Å². The second-order valence-corrected chi connectivity index (χ2v) is 6.48. The summed E-state index contributed by atoms with van der Waals surface area (Å²) in [6, 6.07) is 21.2. The fourth-order valence-corrected chi connectivity index (χ4v) is 3.13. The van der Waals surface area contributed by atoms with E-state index in [-0.39, 0.29) is 11.9 Å². The minimum absolute atomic E-state index is 0.123. The molecule has 4 aromatic rings. The van der Waals surface area contributed by atoms with Gasteiger partial charge < -0.3 is 9.84 Å². The van der Waals surface area contributed by atoms with Gasteiger partial charge in [-0.1, -0.05) is 65.8 Å². The van der Waals surface area contributed by atoms with Crippen molar-refractivity contribution in [1.82, 2.24) is 15.5 Å². The highest BCUT2D eigenvalue weighted by Gasteiger charge is 2.20. The van der Waals surface area contributed by atoms with Crippen molar-refractivity contribution < 1.29 is 9.32 Å². The summed E-state index contributed by atoms with van der Waals surface area (Å²) in [6.07, 6.45) is 0. The van der Waals surface area contributed by atoms with Crippen LogP contribution >= 0.6 is 0 Å². The highest BCUT2D eigenvalue weighted by Crippen LogP contribution is 2.27. The van der Waals surface area contributed by atoms with Gasteiger partial charge in [-0.3, -0.25) is 4.79 Å². The van der Waals surface area contributed by atoms with Crippen LogP contribution in [0.2, 0.25) is 0 Å². The fraction of sp³-hybridized carbons (Fsp3) is 0.136. The Morgan fingerprint density at radius 1 is 1.04 bits per heavy atom. The second-order valence-electron chi connectivity index (χ2n) is 6.48. The number of aryl methyl sites for hydroxylation is 1. The van der Waals surface area contributed by atoms with Crippen molar-refractivity contribution in [3.05, 3.63) is 83.6 Å². The summed E-state index contributed by atoms with van der Waals surface area (Å²) in [5, 5.41) is 7.70. The van der Waals surface area contributed by atoms with E-state index in [9.17, 15) is 4.79 Å². The van der Waals surface area contributed by atoms with E-state index in [1.165, 1.54) is 0 Å². The monoisotopic (exact) mass is 357 g/mol. The number of hydrogen-bond acceptors (Lipinski definition) is 4. The Bertz CT molecular complexity index is 1090. The predicted octanol–water partition coefficient (Wildman–Crippen LogP) is 4.69. The summed E-state index contributed by atoms with van der Waals surface area (Å²) in [7, 11) is 0. The van der Waals surface area contributed by atoms with Crippen LogP contribution in [0.15, 0.2) is 71.3 Å². The number of carbonyl (C=O) groups excluding carboxylic acids is 1. The predicted molar refractivity (Wildman–Crippen MR) is 104 cm³/mol. The number of nitrogens with one attached hydrogen (secondary N) is 1. The van der Waals surface area contributed by atoms with Gasteiger partial charge in [-0.25, -0.2) is 4.98 Å². The van der Waals surface area contributed by atoms with Crippen LogP contribution in [0, 0.1) is 6.92 Å². The highest BCUT2D eigenvalue weighted by atomic mass is 16.5. The Morgan fingerprint density at radius 2 is 1.70 bits per heavy atom. The number of hydrogen-bond donors (Lipinski definition) is 1. The van der Waals surface area contributed by atoms with Gasteiger partial charge in [0.2, 0.25) is 0 Å². The molecule has 0 radical (unpaired) electrons. The van der Waals surface area contributed by atoms with Crippen LogP contribution in [-0.2, 0) is 0 Å². The van der Waals surface area contributed by atoms with Gasteiger partial charge in [-0.05, 0) is 25.5 Å². The van der Waals surface area contributed by atoms with Crippen LogP contribution in [0.1, 0.15) is 34.6 Å². The van der Waals surface area contributed by atoms with Crippen LogP contribution in [-0.4, -0.2) is 16.0 Å². The molecule has 0 fully saturated rings. The van der Waals surface area contributed by atoms with Gasteiger partial charge in [0, 0.05) is 5.56 Å². The molecule has 0 aliphatic rings. The van der Waals surface area contributed by atoms with E-state index < -0.39 is 0 Å². The number of benzene rings is 2. The van der Waals surface area contributed by atoms with Crippen molar-refractivity contribution in [3.8, 4) is 11.3 Å². The molecule has 4 rings (SSSR count). The fourth-order valence-electron chi connectivity index (χ4n) is 3.13. The first-order valence-electron chi connectivity index (χ1n) is 8.82. The number of nitrogens with zero attached hydrogens (tertiary/aromatic N) is 2. The molecule has 0 saturated heterocycles. The van der Waals surface area contributed by atoms with Crippen LogP contribution < -0.4 is 5.32 Å². The summed E-state index contributed by atoms with van der Waals surface area (Å²) in [4.78, 5) is 17.6. The molecule has 0 spiro atoms. The van der Waals surface area contributed by atoms with Gasteiger partial charge >= 0.3 is 0 Å². The van der Waals surface area contributed by atoms with E-state index in [0.717, 1.165) is 11.1 Å². The first kappa shape index (κ1) is 17.0. The lowest BCUT2D eigenvalue weighted by atomic mass is 10.0. The molecule has 2 aromatic heterocycles. The second kappa shape index (κ2) is 7.03. The molecule has 1 N–H and O–H groups in total. The molecular weight excluding hydrogens is 338 g/mol. The number of fused-ring (bicyclic) bond motifs is 1. The Kier molecular flexibility index (Phi) is 4.42. The average molecular weight is 357 g/mol. The summed E-state index contributed by atoms with van der Waals surface area (Å²) in [5.74, 6) is -0.178. The molecule has 27 heavy (non-hydrogen) atoms. The first-order valence-corrected chi connectivity index (χ1v) is 8.82. The van der Waals surface area contributed by atoms with Crippen molar-refractivity contribution >= 4 is 17.0 Å². The van der Waals surface area contributed by atoms with Gasteiger partial charge in [-0.15, -0.1) is 0 Å². The number of rotatable bonds is 4. The van der Waals surface area contributed by atoms with Crippen molar-refractivity contribution in [2.45, 2.75) is 19.9 Å². The normalized spacial score (nSPS) is 12.1. The minimum atomic E-state index is -0.178. The van der Waals surface area contributed by atoms with Gasteiger partial charge in [0.15, 0.2) is 0 Å². The van der Waals surface area contributed by atoms with Gasteiger partial charge in [0.05, 0.1) is 28.4 Å². The van der Waals surface area contributed by atoms with E-state index in [1.807, 2.05) is 74.5 Å². The maximum atomic E-state index is 13.1. The minimum Gasteiger partial charge on any atom is -0.345 e. The third-order valence-electron chi connectivity index (χ3n) is 4.58. The smallest absolute Gasteiger partial charge is 0.259 e. The molecule has 0 unspecified atom stereocenters. The zero-order valence-electron chi connectivity index (χ0n) is 15.1.